The molecule has 1 aromatic carbocycles. The van der Waals surface area contributed by atoms with Crippen molar-refractivity contribution in [1.82, 2.24) is 0 Å². The quantitative estimate of drug-likeness (QED) is 0.812. The lowest BCUT2D eigenvalue weighted by molar-refractivity contribution is 0.166. The first-order chi connectivity index (χ1) is 8.51. The van der Waals surface area contributed by atoms with Crippen LogP contribution in [0, 0.1) is 0 Å². The number of halogens is 1. The minimum atomic E-state index is -0.520. The first kappa shape index (κ1) is 15.3. The summed E-state index contributed by atoms with van der Waals surface area (Å²) < 4.78 is 5.84. The van der Waals surface area contributed by atoms with Crippen molar-refractivity contribution in [3.8, 4) is 5.75 Å². The largest absolute Gasteiger partial charge is 0.493 e. The molecule has 0 fully saturated rings. The third-order valence-corrected chi connectivity index (χ3v) is 3.15. The summed E-state index contributed by atoms with van der Waals surface area (Å²) in [5, 5.41) is 10.8. The zero-order chi connectivity index (χ0) is 13.7. The molecule has 0 heterocycles. The second-order valence-corrected chi connectivity index (χ2v) is 5.28. The molecule has 102 valence electrons. The molecule has 0 aliphatic carbocycles. The number of benzene rings is 1. The lowest BCUT2D eigenvalue weighted by atomic mass is 9.96. The van der Waals surface area contributed by atoms with Gasteiger partial charge in [0.2, 0.25) is 0 Å². The summed E-state index contributed by atoms with van der Waals surface area (Å²) in [5.41, 5.74) is 1.88. The maximum Gasteiger partial charge on any atom is 0.128 e. The van der Waals surface area contributed by atoms with Gasteiger partial charge in [-0.05, 0) is 36.5 Å². The number of aliphatic hydroxyl groups excluding tert-OH is 1. The molecule has 1 rings (SSSR count). The van der Waals surface area contributed by atoms with Crippen LogP contribution in [0.1, 0.15) is 63.7 Å². The van der Waals surface area contributed by atoms with Gasteiger partial charge < -0.3 is 9.84 Å². The fourth-order valence-electron chi connectivity index (χ4n) is 1.90. The lowest BCUT2D eigenvalue weighted by Crippen LogP contribution is -2.07. The van der Waals surface area contributed by atoms with E-state index in [-0.39, 0.29) is 0 Å². The zero-order valence-electron chi connectivity index (χ0n) is 11.7. The summed E-state index contributed by atoms with van der Waals surface area (Å²) >= 11 is 6.13. The zero-order valence-corrected chi connectivity index (χ0v) is 12.4. The van der Waals surface area contributed by atoms with Crippen molar-refractivity contribution in [1.29, 1.82) is 0 Å². The highest BCUT2D eigenvalue weighted by molar-refractivity contribution is 6.30. The maximum atomic E-state index is 10.1. The van der Waals surface area contributed by atoms with E-state index in [1.54, 1.807) is 0 Å². The fraction of sp³-hybridized carbons (Fsp3) is 0.600. The van der Waals surface area contributed by atoms with Crippen molar-refractivity contribution in [3.05, 3.63) is 28.3 Å². The Bertz CT molecular complexity index is 388. The summed E-state index contributed by atoms with van der Waals surface area (Å²) in [5.74, 6) is 1.13. The van der Waals surface area contributed by atoms with Crippen molar-refractivity contribution in [2.45, 2.75) is 52.6 Å². The molecule has 0 aromatic heterocycles. The molecule has 0 saturated carbocycles. The molecule has 2 nitrogen and oxygen atoms in total. The highest BCUT2D eigenvalue weighted by atomic mass is 35.5. The average molecular weight is 271 g/mol. The van der Waals surface area contributed by atoms with Gasteiger partial charge >= 0.3 is 0 Å². The standard InChI is InChI=1S/C15H23ClO2/c1-5-7-18-15-12(10(3)4)8-11(16)9-13(15)14(17)6-2/h8-10,14,17H,5-7H2,1-4H3. The molecular weight excluding hydrogens is 248 g/mol. The van der Waals surface area contributed by atoms with Crippen LogP contribution in [0.15, 0.2) is 12.1 Å². The summed E-state index contributed by atoms with van der Waals surface area (Å²) in [6, 6.07) is 3.75. The molecule has 1 N–H and O–H groups in total. The highest BCUT2D eigenvalue weighted by Gasteiger charge is 2.18. The predicted molar refractivity (Wildman–Crippen MR) is 76.6 cm³/mol. The second-order valence-electron chi connectivity index (χ2n) is 4.84. The molecular formula is C15H23ClO2. The van der Waals surface area contributed by atoms with Crippen molar-refractivity contribution < 1.29 is 9.84 Å². The van der Waals surface area contributed by atoms with E-state index in [0.717, 1.165) is 23.3 Å². The van der Waals surface area contributed by atoms with Crippen LogP contribution in [0.3, 0.4) is 0 Å². The number of ether oxygens (including phenoxy) is 1. The number of aliphatic hydroxyl groups is 1. The summed E-state index contributed by atoms with van der Waals surface area (Å²) in [6.07, 6.45) is 1.08. The van der Waals surface area contributed by atoms with Crippen LogP contribution in [0.25, 0.3) is 0 Å². The molecule has 0 saturated heterocycles. The molecule has 0 spiro atoms. The van der Waals surface area contributed by atoms with Gasteiger partial charge in [0.1, 0.15) is 5.75 Å². The van der Waals surface area contributed by atoms with Gasteiger partial charge in [0.05, 0.1) is 12.7 Å². The molecule has 0 radical (unpaired) electrons. The van der Waals surface area contributed by atoms with Crippen molar-refractivity contribution in [2.24, 2.45) is 0 Å². The Hall–Kier alpha value is -0.730. The Morgan fingerprint density at radius 3 is 2.33 bits per heavy atom. The molecule has 0 bridgehead atoms. The third kappa shape index (κ3) is 3.63. The van der Waals surface area contributed by atoms with Gasteiger partial charge in [-0.15, -0.1) is 0 Å². The number of hydrogen-bond donors (Lipinski definition) is 1. The minimum Gasteiger partial charge on any atom is -0.493 e. The Morgan fingerprint density at radius 2 is 1.83 bits per heavy atom. The Labute approximate surface area is 115 Å². The van der Waals surface area contributed by atoms with Crippen LogP contribution < -0.4 is 4.74 Å². The first-order valence-corrected chi connectivity index (χ1v) is 7.03. The van der Waals surface area contributed by atoms with E-state index in [4.69, 9.17) is 16.3 Å². The summed E-state index contributed by atoms with van der Waals surface area (Å²) in [4.78, 5) is 0. The van der Waals surface area contributed by atoms with Gasteiger partial charge in [0, 0.05) is 10.6 Å². The molecule has 0 aliphatic heterocycles. The third-order valence-electron chi connectivity index (χ3n) is 2.93. The van der Waals surface area contributed by atoms with Gasteiger partial charge in [-0.3, -0.25) is 0 Å². The average Bonchev–Trinajstić information content (AvgIpc) is 2.35. The van der Waals surface area contributed by atoms with E-state index in [1.807, 2.05) is 19.1 Å². The van der Waals surface area contributed by atoms with Crippen molar-refractivity contribution in [3.63, 3.8) is 0 Å². The highest BCUT2D eigenvalue weighted by Crippen LogP contribution is 2.37. The smallest absolute Gasteiger partial charge is 0.128 e. The van der Waals surface area contributed by atoms with Crippen LogP contribution in [0.2, 0.25) is 5.02 Å². The molecule has 1 aromatic rings. The monoisotopic (exact) mass is 270 g/mol. The Kier molecular flexibility index (Phi) is 5.97. The Morgan fingerprint density at radius 1 is 1.22 bits per heavy atom. The number of hydrogen-bond acceptors (Lipinski definition) is 2. The van der Waals surface area contributed by atoms with Crippen molar-refractivity contribution >= 4 is 11.6 Å². The van der Waals surface area contributed by atoms with Gasteiger partial charge in [0.15, 0.2) is 0 Å². The van der Waals surface area contributed by atoms with E-state index in [0.29, 0.717) is 24.0 Å². The van der Waals surface area contributed by atoms with E-state index >= 15 is 0 Å². The van der Waals surface area contributed by atoms with Gasteiger partial charge in [-0.2, -0.15) is 0 Å². The van der Waals surface area contributed by atoms with E-state index in [9.17, 15) is 5.11 Å². The molecule has 18 heavy (non-hydrogen) atoms. The SMILES string of the molecule is CCCOc1c(C(C)C)cc(Cl)cc1C(O)CC. The van der Waals surface area contributed by atoms with Crippen LogP contribution in [0.4, 0.5) is 0 Å². The van der Waals surface area contributed by atoms with Gasteiger partial charge in [0.25, 0.3) is 0 Å². The van der Waals surface area contributed by atoms with Gasteiger partial charge in [-0.1, -0.05) is 39.3 Å². The van der Waals surface area contributed by atoms with Gasteiger partial charge in [-0.25, -0.2) is 0 Å². The van der Waals surface area contributed by atoms with Crippen molar-refractivity contribution in [2.75, 3.05) is 6.61 Å². The topological polar surface area (TPSA) is 29.5 Å². The molecule has 1 unspecified atom stereocenters. The fourth-order valence-corrected chi connectivity index (χ4v) is 2.14. The van der Waals surface area contributed by atoms with E-state index in [1.165, 1.54) is 0 Å². The molecule has 3 heteroatoms. The minimum absolute atomic E-state index is 0.318. The van der Waals surface area contributed by atoms with Crippen LogP contribution in [-0.2, 0) is 0 Å². The first-order valence-electron chi connectivity index (χ1n) is 6.65. The molecule has 0 aliphatic rings. The summed E-state index contributed by atoms with van der Waals surface area (Å²) in [6.45, 7) is 8.88. The van der Waals surface area contributed by atoms with E-state index < -0.39 is 6.10 Å². The van der Waals surface area contributed by atoms with Crippen LogP contribution in [0.5, 0.6) is 5.75 Å². The molecule has 0 amide bonds. The predicted octanol–water partition coefficient (Wildman–Crippen LogP) is 4.70. The molecule has 1 atom stereocenters. The van der Waals surface area contributed by atoms with E-state index in [2.05, 4.69) is 20.8 Å². The normalized spacial score (nSPS) is 12.8. The summed E-state index contributed by atoms with van der Waals surface area (Å²) in [7, 11) is 0. The number of rotatable bonds is 6. The Balaban J connectivity index is 3.27. The lowest BCUT2D eigenvalue weighted by Gasteiger charge is -2.21. The second kappa shape index (κ2) is 7.01. The van der Waals surface area contributed by atoms with Crippen LogP contribution >= 0.6 is 11.6 Å². The van der Waals surface area contributed by atoms with Crippen LogP contribution in [-0.4, -0.2) is 11.7 Å². The maximum absolute atomic E-state index is 10.1.